The molecule has 8 nitrogen and oxygen atoms in total. The maximum absolute atomic E-state index is 14.6. The summed E-state index contributed by atoms with van der Waals surface area (Å²) >= 11 is 0. The number of carbonyl (C=O) groups is 2. The van der Waals surface area contributed by atoms with Gasteiger partial charge in [0.25, 0.3) is 0 Å². The van der Waals surface area contributed by atoms with Crippen molar-refractivity contribution in [2.24, 2.45) is 5.73 Å². The molecule has 0 spiro atoms. The molecule has 1 unspecified atom stereocenters. The lowest BCUT2D eigenvalue weighted by molar-refractivity contribution is -0.275. The maximum Gasteiger partial charge on any atom is 0.573 e. The number of piperazine rings is 1. The Morgan fingerprint density at radius 2 is 1.92 bits per heavy atom. The summed E-state index contributed by atoms with van der Waals surface area (Å²) in [7, 11) is 0. The number of primary amides is 1. The second kappa shape index (κ2) is 9.17. The number of hydrogen-bond donors (Lipinski definition) is 2. The second-order valence-corrected chi connectivity index (χ2v) is 7.81. The van der Waals surface area contributed by atoms with Crippen LogP contribution in [0.5, 0.6) is 5.75 Å². The molecule has 15 heteroatoms. The largest absolute Gasteiger partial charge is 0.573 e. The average Bonchev–Trinajstić information content (AvgIpc) is 2.76. The zero-order valence-corrected chi connectivity index (χ0v) is 18.2. The first-order valence-corrected chi connectivity index (χ1v) is 9.98. The molecular weight excluding hydrogens is 503 g/mol. The molecule has 2 heterocycles. The van der Waals surface area contributed by atoms with Crippen LogP contribution in [0, 0.1) is 17.1 Å². The van der Waals surface area contributed by atoms with Gasteiger partial charge in [-0.3, -0.25) is 4.79 Å². The number of benzene rings is 1. The van der Waals surface area contributed by atoms with Crippen molar-refractivity contribution < 1.29 is 45.1 Å². The van der Waals surface area contributed by atoms with Crippen LogP contribution in [0.25, 0.3) is 0 Å². The lowest BCUT2D eigenvalue weighted by Crippen LogP contribution is -2.68. The van der Waals surface area contributed by atoms with Crippen molar-refractivity contribution in [1.82, 2.24) is 15.2 Å². The van der Waals surface area contributed by atoms with E-state index in [0.717, 1.165) is 30.0 Å². The van der Waals surface area contributed by atoms with Gasteiger partial charge in [0.05, 0.1) is 17.2 Å². The molecule has 0 radical (unpaired) electrons. The Balaban J connectivity index is 2.31. The molecule has 1 saturated heterocycles. The van der Waals surface area contributed by atoms with Crippen LogP contribution in [0.2, 0.25) is 0 Å². The van der Waals surface area contributed by atoms with Gasteiger partial charge in [-0.05, 0) is 36.8 Å². The van der Waals surface area contributed by atoms with E-state index in [1.807, 2.05) is 0 Å². The highest BCUT2D eigenvalue weighted by Gasteiger charge is 2.52. The third-order valence-corrected chi connectivity index (χ3v) is 5.59. The van der Waals surface area contributed by atoms with Gasteiger partial charge in [0.2, 0.25) is 5.91 Å². The van der Waals surface area contributed by atoms with E-state index in [0.29, 0.717) is 12.1 Å². The molecule has 0 saturated carbocycles. The van der Waals surface area contributed by atoms with Crippen molar-refractivity contribution in [2.75, 3.05) is 13.1 Å². The number of urea groups is 1. The molecule has 2 aromatic rings. The topological polar surface area (TPSA) is 121 Å². The summed E-state index contributed by atoms with van der Waals surface area (Å²) in [5.74, 6) is -5.36. The average molecular weight is 519 g/mol. The van der Waals surface area contributed by atoms with Crippen molar-refractivity contribution >= 4 is 11.9 Å². The van der Waals surface area contributed by atoms with Gasteiger partial charge in [0.15, 0.2) is 17.3 Å². The Morgan fingerprint density at radius 1 is 1.25 bits per heavy atom. The Hall–Kier alpha value is -4.09. The predicted molar refractivity (Wildman–Crippen MR) is 107 cm³/mol. The molecular formula is C21H16F7N5O3. The van der Waals surface area contributed by atoms with Crippen molar-refractivity contribution in [2.45, 2.75) is 30.9 Å². The number of halogens is 7. The molecule has 0 bridgehead atoms. The van der Waals surface area contributed by atoms with Crippen molar-refractivity contribution in [3.8, 4) is 11.8 Å². The number of hydrogen-bond acceptors (Lipinski definition) is 5. The van der Waals surface area contributed by atoms with Crippen LogP contribution in [-0.4, -0.2) is 46.8 Å². The van der Waals surface area contributed by atoms with Crippen molar-refractivity contribution in [1.29, 1.82) is 5.26 Å². The van der Waals surface area contributed by atoms with Crippen LogP contribution in [0.1, 0.15) is 35.4 Å². The Labute approximate surface area is 198 Å². The first kappa shape index (κ1) is 26.5. The zero-order chi connectivity index (χ0) is 27.1. The predicted octanol–water partition coefficient (Wildman–Crippen LogP) is 3.41. The summed E-state index contributed by atoms with van der Waals surface area (Å²) in [6.45, 7) is 0.891. The summed E-state index contributed by atoms with van der Waals surface area (Å²) in [6, 6.07) is 3.91. The summed E-state index contributed by atoms with van der Waals surface area (Å²) in [5, 5.41) is 11.5. The monoisotopic (exact) mass is 519 g/mol. The fourth-order valence-corrected chi connectivity index (χ4v) is 4.07. The van der Waals surface area contributed by atoms with Crippen LogP contribution in [-0.2, 0) is 11.0 Å². The van der Waals surface area contributed by atoms with E-state index >= 15 is 0 Å². The highest BCUT2D eigenvalue weighted by atomic mass is 19.4. The van der Waals surface area contributed by atoms with Gasteiger partial charge in [-0.15, -0.1) is 13.2 Å². The molecule has 36 heavy (non-hydrogen) atoms. The molecule has 2 atom stereocenters. The first-order chi connectivity index (χ1) is 16.6. The van der Waals surface area contributed by atoms with Crippen LogP contribution in [0.15, 0.2) is 30.3 Å². The number of rotatable bonds is 4. The van der Waals surface area contributed by atoms with E-state index in [-0.39, 0.29) is 18.7 Å². The van der Waals surface area contributed by atoms with Crippen LogP contribution in [0.3, 0.4) is 0 Å². The minimum Gasteiger partial charge on any atom is -0.403 e. The maximum atomic E-state index is 14.6. The van der Waals surface area contributed by atoms with Gasteiger partial charge in [0.1, 0.15) is 11.6 Å². The van der Waals surface area contributed by atoms with Gasteiger partial charge < -0.3 is 20.7 Å². The Bertz CT molecular complexity index is 1240. The SMILES string of the molecule is CC1([C@H](c2ccc(OC(F)(F)F)c(F)c2)c2ccc(C#N)c(C(F)(F)F)n2)C(=O)NCCN1C(N)=O. The van der Waals surface area contributed by atoms with Crippen molar-refractivity contribution in [3.05, 3.63) is 58.7 Å². The fraction of sp³-hybridized carbons (Fsp3) is 0.333. The van der Waals surface area contributed by atoms with Gasteiger partial charge >= 0.3 is 18.6 Å². The van der Waals surface area contributed by atoms with E-state index in [9.17, 15) is 40.3 Å². The standard InChI is InChI=1S/C21H16F7N5O3/c1-19(17(34)31-6-7-33(19)18(30)35)15(10-3-5-14(12(22)8-10)36-21(26,27)28)13-4-2-11(9-29)16(32-13)20(23,24)25/h2-5,8,15H,6-7H2,1H3,(H2,30,35)(H,31,34)/t15-,19?/m1/s1. The molecule has 1 aromatic carbocycles. The minimum absolute atomic E-state index is 0.0641. The number of aromatic nitrogens is 1. The summed E-state index contributed by atoms with van der Waals surface area (Å²) in [5.41, 5.74) is -0.0123. The van der Waals surface area contributed by atoms with Crippen LogP contribution in [0.4, 0.5) is 35.5 Å². The lowest BCUT2D eigenvalue weighted by Gasteiger charge is -2.47. The fourth-order valence-electron chi connectivity index (χ4n) is 4.07. The molecule has 1 aliphatic heterocycles. The number of alkyl halides is 6. The Morgan fingerprint density at radius 3 is 2.44 bits per heavy atom. The molecule has 192 valence electrons. The van der Waals surface area contributed by atoms with E-state index in [1.165, 1.54) is 6.07 Å². The third kappa shape index (κ3) is 4.97. The molecule has 3 amide bonds. The summed E-state index contributed by atoms with van der Waals surface area (Å²) < 4.78 is 96.8. The van der Waals surface area contributed by atoms with Gasteiger partial charge in [-0.1, -0.05) is 6.07 Å². The van der Waals surface area contributed by atoms with E-state index in [1.54, 1.807) is 0 Å². The minimum atomic E-state index is -5.24. The first-order valence-electron chi connectivity index (χ1n) is 9.98. The van der Waals surface area contributed by atoms with E-state index in [4.69, 9.17) is 11.0 Å². The smallest absolute Gasteiger partial charge is 0.403 e. The van der Waals surface area contributed by atoms with Crippen LogP contribution >= 0.6 is 0 Å². The number of amides is 3. The highest BCUT2D eigenvalue weighted by molar-refractivity contribution is 5.93. The molecule has 0 aliphatic carbocycles. The van der Waals surface area contributed by atoms with Gasteiger partial charge in [0, 0.05) is 13.1 Å². The second-order valence-electron chi connectivity index (χ2n) is 7.81. The van der Waals surface area contributed by atoms with E-state index in [2.05, 4.69) is 15.0 Å². The highest BCUT2D eigenvalue weighted by Crippen LogP contribution is 2.42. The quantitative estimate of drug-likeness (QED) is 0.600. The normalized spacial score (nSPS) is 19.3. The third-order valence-electron chi connectivity index (χ3n) is 5.59. The number of nitrogens with two attached hydrogens (primary N) is 1. The molecule has 1 fully saturated rings. The Kier molecular flexibility index (Phi) is 6.75. The number of ether oxygens (including phenoxy) is 1. The van der Waals surface area contributed by atoms with E-state index < -0.39 is 64.5 Å². The zero-order valence-electron chi connectivity index (χ0n) is 18.2. The molecule has 3 rings (SSSR count). The van der Waals surface area contributed by atoms with Crippen LogP contribution < -0.4 is 15.8 Å². The number of nitrogens with zero attached hydrogens (tertiary/aromatic N) is 3. The lowest BCUT2D eigenvalue weighted by atomic mass is 9.75. The summed E-state index contributed by atoms with van der Waals surface area (Å²) in [4.78, 5) is 29.6. The molecule has 1 aromatic heterocycles. The number of nitrogens with one attached hydrogen (secondary N) is 1. The molecule has 1 aliphatic rings. The van der Waals surface area contributed by atoms with Gasteiger partial charge in [-0.25, -0.2) is 14.2 Å². The number of carbonyl (C=O) groups excluding carboxylic acids is 2. The number of nitriles is 1. The van der Waals surface area contributed by atoms with Crippen molar-refractivity contribution in [3.63, 3.8) is 0 Å². The summed E-state index contributed by atoms with van der Waals surface area (Å²) in [6.07, 6.45) is -10.4. The van der Waals surface area contributed by atoms with Gasteiger partial charge in [-0.2, -0.15) is 18.4 Å². The molecule has 3 N–H and O–H groups in total. The number of pyridine rings is 1.